The average molecular weight is 179 g/mol. The first-order valence-electron chi connectivity index (χ1n) is 3.64. The molecular formula is C6H13NO5. The molecule has 1 aliphatic heterocycles. The maximum atomic E-state index is 9.24. The van der Waals surface area contributed by atoms with Crippen molar-refractivity contribution in [2.45, 2.75) is 30.6 Å². The van der Waals surface area contributed by atoms with E-state index in [1.54, 1.807) is 0 Å². The van der Waals surface area contributed by atoms with Crippen molar-refractivity contribution >= 4 is 0 Å². The first kappa shape index (κ1) is 9.85. The third-order valence-electron chi connectivity index (χ3n) is 1.96. The molecule has 1 rings (SSSR count). The summed E-state index contributed by atoms with van der Waals surface area (Å²) in [5.41, 5.74) is 5.33. The van der Waals surface area contributed by atoms with Crippen molar-refractivity contribution in [1.82, 2.24) is 0 Å². The summed E-state index contributed by atoms with van der Waals surface area (Å²) in [5.74, 6) is 0. The molecule has 12 heavy (non-hydrogen) atoms. The number of rotatable bonds is 1. The maximum Gasteiger partial charge on any atom is 0.183 e. The molecule has 0 aromatic carbocycles. The van der Waals surface area contributed by atoms with Crippen molar-refractivity contribution in [2.24, 2.45) is 5.73 Å². The SMILES string of the molecule is N[C@@H]1[C@@H](O)[C@@H](O)O[C@@H](CO)[C@H]1O. The normalized spacial score (nSPS) is 49.2. The molecule has 0 bridgehead atoms. The molecule has 0 saturated carbocycles. The van der Waals surface area contributed by atoms with Crippen molar-refractivity contribution in [1.29, 1.82) is 0 Å². The number of hydrogen-bond acceptors (Lipinski definition) is 6. The van der Waals surface area contributed by atoms with Crippen LogP contribution in [0.3, 0.4) is 0 Å². The predicted molar refractivity (Wildman–Crippen MR) is 38.0 cm³/mol. The van der Waals surface area contributed by atoms with Crippen LogP contribution in [0.1, 0.15) is 0 Å². The fourth-order valence-electron chi connectivity index (χ4n) is 1.13. The van der Waals surface area contributed by atoms with Crippen LogP contribution in [0.2, 0.25) is 0 Å². The lowest BCUT2D eigenvalue weighted by atomic mass is 9.97. The van der Waals surface area contributed by atoms with Crippen molar-refractivity contribution in [3.05, 3.63) is 0 Å². The van der Waals surface area contributed by atoms with Gasteiger partial charge in [0.2, 0.25) is 0 Å². The van der Waals surface area contributed by atoms with Crippen LogP contribution in [0, 0.1) is 0 Å². The van der Waals surface area contributed by atoms with Crippen LogP contribution in [0.5, 0.6) is 0 Å². The molecule has 6 heteroatoms. The van der Waals surface area contributed by atoms with E-state index in [0.29, 0.717) is 0 Å². The van der Waals surface area contributed by atoms with Gasteiger partial charge >= 0.3 is 0 Å². The second kappa shape index (κ2) is 3.65. The van der Waals surface area contributed by atoms with Crippen LogP contribution in [0.4, 0.5) is 0 Å². The van der Waals surface area contributed by atoms with E-state index in [9.17, 15) is 5.11 Å². The summed E-state index contributed by atoms with van der Waals surface area (Å²) >= 11 is 0. The number of aliphatic hydroxyl groups excluding tert-OH is 4. The minimum Gasteiger partial charge on any atom is -0.394 e. The molecule has 6 N–H and O–H groups in total. The quantitative estimate of drug-likeness (QED) is 0.288. The van der Waals surface area contributed by atoms with Gasteiger partial charge in [0.25, 0.3) is 0 Å². The monoisotopic (exact) mass is 179 g/mol. The fraction of sp³-hybridized carbons (Fsp3) is 1.00. The third kappa shape index (κ3) is 1.58. The third-order valence-corrected chi connectivity index (χ3v) is 1.96. The molecule has 0 aliphatic carbocycles. The number of aliphatic hydroxyl groups is 4. The predicted octanol–water partition coefficient (Wildman–Crippen LogP) is -3.26. The molecule has 1 heterocycles. The molecule has 72 valence electrons. The van der Waals surface area contributed by atoms with Crippen LogP contribution >= 0.6 is 0 Å². The molecule has 0 radical (unpaired) electrons. The van der Waals surface area contributed by atoms with Gasteiger partial charge < -0.3 is 30.9 Å². The largest absolute Gasteiger partial charge is 0.394 e. The smallest absolute Gasteiger partial charge is 0.183 e. The minimum absolute atomic E-state index is 0.446. The number of nitrogens with two attached hydrogens (primary N) is 1. The first-order valence-corrected chi connectivity index (χ1v) is 3.64. The Bertz CT molecular complexity index is 150. The highest BCUT2D eigenvalue weighted by Gasteiger charge is 2.41. The molecule has 6 nitrogen and oxygen atoms in total. The molecule has 0 amide bonds. The van der Waals surface area contributed by atoms with Gasteiger partial charge in [-0.05, 0) is 0 Å². The molecule has 1 aliphatic rings. The summed E-state index contributed by atoms with van der Waals surface area (Å²) in [5, 5.41) is 36.0. The molecule has 5 atom stereocenters. The van der Waals surface area contributed by atoms with E-state index in [1.807, 2.05) is 0 Å². The topological polar surface area (TPSA) is 116 Å². The van der Waals surface area contributed by atoms with Crippen LogP contribution in [0.25, 0.3) is 0 Å². The number of hydrogen-bond donors (Lipinski definition) is 5. The Balaban J connectivity index is 2.63. The fourth-order valence-corrected chi connectivity index (χ4v) is 1.13. The van der Waals surface area contributed by atoms with Gasteiger partial charge in [-0.25, -0.2) is 0 Å². The lowest BCUT2D eigenvalue weighted by molar-refractivity contribution is -0.258. The Kier molecular flexibility index (Phi) is 2.99. The molecule has 0 aromatic rings. The zero-order chi connectivity index (χ0) is 9.30. The zero-order valence-electron chi connectivity index (χ0n) is 6.37. The summed E-state index contributed by atoms with van der Waals surface area (Å²) in [6.45, 7) is -0.446. The molecule has 0 aromatic heterocycles. The second-order valence-corrected chi connectivity index (χ2v) is 2.81. The summed E-state index contributed by atoms with van der Waals surface area (Å²) in [4.78, 5) is 0. The van der Waals surface area contributed by atoms with Gasteiger partial charge in [-0.2, -0.15) is 0 Å². The Morgan fingerprint density at radius 3 is 2.25 bits per heavy atom. The summed E-state index contributed by atoms with van der Waals surface area (Å²) in [6.07, 6.45) is -4.85. The van der Waals surface area contributed by atoms with E-state index < -0.39 is 37.3 Å². The molecular weight excluding hydrogens is 166 g/mol. The van der Waals surface area contributed by atoms with Gasteiger partial charge in [-0.15, -0.1) is 0 Å². The second-order valence-electron chi connectivity index (χ2n) is 2.81. The van der Waals surface area contributed by atoms with E-state index in [1.165, 1.54) is 0 Å². The maximum absolute atomic E-state index is 9.24. The summed E-state index contributed by atoms with van der Waals surface area (Å²) in [6, 6.07) is -0.995. The van der Waals surface area contributed by atoms with Gasteiger partial charge in [0.05, 0.1) is 12.6 Å². The van der Waals surface area contributed by atoms with Crippen LogP contribution in [-0.4, -0.2) is 57.7 Å². The van der Waals surface area contributed by atoms with E-state index in [0.717, 1.165) is 0 Å². The van der Waals surface area contributed by atoms with Crippen molar-refractivity contribution in [3.63, 3.8) is 0 Å². The highest BCUT2D eigenvalue weighted by Crippen LogP contribution is 2.17. The lowest BCUT2D eigenvalue weighted by Gasteiger charge is -2.38. The average Bonchev–Trinajstić information content (AvgIpc) is 2.08. The van der Waals surface area contributed by atoms with Crippen LogP contribution in [0.15, 0.2) is 0 Å². The molecule has 0 unspecified atom stereocenters. The molecule has 0 spiro atoms. The molecule has 1 saturated heterocycles. The number of ether oxygens (including phenoxy) is 1. The van der Waals surface area contributed by atoms with Crippen molar-refractivity contribution in [3.8, 4) is 0 Å². The summed E-state index contributed by atoms with van der Waals surface area (Å²) in [7, 11) is 0. The van der Waals surface area contributed by atoms with E-state index >= 15 is 0 Å². The lowest BCUT2D eigenvalue weighted by Crippen LogP contribution is -2.62. The van der Waals surface area contributed by atoms with Gasteiger partial charge in [0.15, 0.2) is 6.29 Å². The highest BCUT2D eigenvalue weighted by atomic mass is 16.6. The molecule has 1 fully saturated rings. The van der Waals surface area contributed by atoms with Crippen LogP contribution in [-0.2, 0) is 4.74 Å². The first-order chi connectivity index (χ1) is 5.57. The minimum atomic E-state index is -1.44. The van der Waals surface area contributed by atoms with Gasteiger partial charge in [0, 0.05) is 0 Å². The zero-order valence-corrected chi connectivity index (χ0v) is 6.37. The Labute approximate surface area is 69.2 Å². The Hall–Kier alpha value is -0.240. The van der Waals surface area contributed by atoms with Crippen molar-refractivity contribution in [2.75, 3.05) is 6.61 Å². The van der Waals surface area contributed by atoms with E-state index in [2.05, 4.69) is 4.74 Å². The van der Waals surface area contributed by atoms with Gasteiger partial charge in [-0.1, -0.05) is 0 Å². The van der Waals surface area contributed by atoms with E-state index in [-0.39, 0.29) is 0 Å². The highest BCUT2D eigenvalue weighted by molar-refractivity contribution is 4.90. The standard InChI is InChI=1S/C6H13NO5/c7-3-4(9)2(1-8)12-6(11)5(3)10/h2-6,8-11H,1,7H2/t2-,3-,4+,5+,6-/m0/s1. The van der Waals surface area contributed by atoms with Crippen molar-refractivity contribution < 1.29 is 25.2 Å². The van der Waals surface area contributed by atoms with Gasteiger partial charge in [-0.3, -0.25) is 0 Å². The summed E-state index contributed by atoms with van der Waals surface area (Å²) < 4.78 is 4.66. The van der Waals surface area contributed by atoms with Gasteiger partial charge in [0.1, 0.15) is 18.3 Å². The van der Waals surface area contributed by atoms with E-state index in [4.69, 9.17) is 21.1 Å². The van der Waals surface area contributed by atoms with Crippen LogP contribution < -0.4 is 5.73 Å². The Morgan fingerprint density at radius 1 is 1.17 bits per heavy atom. The Morgan fingerprint density at radius 2 is 1.75 bits per heavy atom.